The molecule has 1 saturated carbocycles. The highest BCUT2D eigenvalue weighted by atomic mass is 16.6. The van der Waals surface area contributed by atoms with Gasteiger partial charge in [0.15, 0.2) is 0 Å². The summed E-state index contributed by atoms with van der Waals surface area (Å²) in [5.74, 6) is -0.230. The Bertz CT molecular complexity index is 385. The van der Waals surface area contributed by atoms with Crippen molar-refractivity contribution < 1.29 is 14.3 Å². The van der Waals surface area contributed by atoms with Crippen LogP contribution in [0.25, 0.3) is 0 Å². The number of rotatable bonds is 1. The molecule has 1 spiro atoms. The van der Waals surface area contributed by atoms with E-state index in [0.717, 1.165) is 19.3 Å². The van der Waals surface area contributed by atoms with Crippen LogP contribution >= 0.6 is 0 Å². The first-order valence-electron chi connectivity index (χ1n) is 6.79. The van der Waals surface area contributed by atoms with Crippen LogP contribution in [-0.2, 0) is 14.3 Å². The lowest BCUT2D eigenvalue weighted by molar-refractivity contribution is -0.237. The van der Waals surface area contributed by atoms with Gasteiger partial charge in [-0.3, -0.25) is 4.79 Å². The molecule has 3 heteroatoms. The Labute approximate surface area is 110 Å². The van der Waals surface area contributed by atoms with Crippen molar-refractivity contribution in [3.63, 3.8) is 0 Å². The van der Waals surface area contributed by atoms with Crippen LogP contribution in [0.2, 0.25) is 0 Å². The first-order valence-corrected chi connectivity index (χ1v) is 6.79. The minimum atomic E-state index is -0.568. The lowest BCUT2D eigenvalue weighted by Gasteiger charge is -2.56. The van der Waals surface area contributed by atoms with Gasteiger partial charge in [-0.25, -0.2) is 0 Å². The highest BCUT2D eigenvalue weighted by molar-refractivity contribution is 5.67. The summed E-state index contributed by atoms with van der Waals surface area (Å²) in [5, 5.41) is 0. The summed E-state index contributed by atoms with van der Waals surface area (Å²) in [6.45, 7) is 9.93. The predicted molar refractivity (Wildman–Crippen MR) is 70.2 cm³/mol. The van der Waals surface area contributed by atoms with Crippen LogP contribution in [0.15, 0.2) is 12.2 Å². The van der Waals surface area contributed by atoms with E-state index in [2.05, 4.69) is 26.0 Å². The van der Waals surface area contributed by atoms with Gasteiger partial charge in [-0.15, -0.1) is 0 Å². The van der Waals surface area contributed by atoms with Gasteiger partial charge >= 0.3 is 5.97 Å². The molecule has 0 radical (unpaired) electrons. The van der Waals surface area contributed by atoms with E-state index in [1.807, 2.05) is 13.8 Å². The highest BCUT2D eigenvalue weighted by Crippen LogP contribution is 2.56. The molecule has 1 heterocycles. The van der Waals surface area contributed by atoms with Gasteiger partial charge < -0.3 is 9.47 Å². The second-order valence-electron chi connectivity index (χ2n) is 6.48. The fourth-order valence-corrected chi connectivity index (χ4v) is 3.73. The topological polar surface area (TPSA) is 35.5 Å². The van der Waals surface area contributed by atoms with Crippen molar-refractivity contribution in [2.45, 2.75) is 71.2 Å². The van der Waals surface area contributed by atoms with E-state index >= 15 is 0 Å². The summed E-state index contributed by atoms with van der Waals surface area (Å²) in [6.07, 6.45) is 7.28. The average molecular weight is 252 g/mol. The number of carbonyl (C=O) groups excluding carboxylic acids is 1. The molecule has 3 atom stereocenters. The highest BCUT2D eigenvalue weighted by Gasteiger charge is 2.62. The maximum atomic E-state index is 11.4. The third-order valence-electron chi connectivity index (χ3n) is 4.59. The quantitative estimate of drug-likeness (QED) is 0.531. The predicted octanol–water partition coefficient (Wildman–Crippen LogP) is 3.23. The number of ether oxygens (including phenoxy) is 2. The van der Waals surface area contributed by atoms with Gasteiger partial charge in [0, 0.05) is 12.3 Å². The molecule has 0 aromatic carbocycles. The van der Waals surface area contributed by atoms with Crippen LogP contribution in [0.5, 0.6) is 0 Å². The van der Waals surface area contributed by atoms with Crippen molar-refractivity contribution in [1.29, 1.82) is 0 Å². The van der Waals surface area contributed by atoms with Gasteiger partial charge in [0.25, 0.3) is 0 Å². The summed E-state index contributed by atoms with van der Waals surface area (Å²) in [5.41, 5.74) is -1.10. The fourth-order valence-electron chi connectivity index (χ4n) is 3.73. The Balaban J connectivity index is 2.44. The Morgan fingerprint density at radius 1 is 1.33 bits per heavy atom. The molecule has 0 N–H and O–H groups in total. The standard InChI is InChI=1S/C15H24O3/c1-11-7-10-15(17-11)13(3,4)8-6-9-14(15,5)18-12(2)16/h7,10-11H,6,8-9H2,1-5H3. The van der Waals surface area contributed by atoms with Crippen LogP contribution in [0, 0.1) is 5.41 Å². The lowest BCUT2D eigenvalue weighted by Crippen LogP contribution is -2.64. The van der Waals surface area contributed by atoms with Crippen molar-refractivity contribution in [3.05, 3.63) is 12.2 Å². The van der Waals surface area contributed by atoms with Crippen LogP contribution in [-0.4, -0.2) is 23.3 Å². The minimum absolute atomic E-state index is 0.0310. The summed E-state index contributed by atoms with van der Waals surface area (Å²) in [6, 6.07) is 0. The van der Waals surface area contributed by atoms with Crippen molar-refractivity contribution in [1.82, 2.24) is 0 Å². The molecule has 0 saturated heterocycles. The van der Waals surface area contributed by atoms with Crippen molar-refractivity contribution >= 4 is 5.97 Å². The number of hydrogen-bond acceptors (Lipinski definition) is 3. The number of esters is 1. The van der Waals surface area contributed by atoms with Crippen LogP contribution in [0.1, 0.15) is 53.9 Å². The van der Waals surface area contributed by atoms with E-state index in [1.165, 1.54) is 6.92 Å². The summed E-state index contributed by atoms with van der Waals surface area (Å²) >= 11 is 0. The van der Waals surface area contributed by atoms with E-state index < -0.39 is 11.2 Å². The van der Waals surface area contributed by atoms with Crippen LogP contribution in [0.4, 0.5) is 0 Å². The molecule has 1 aliphatic heterocycles. The van der Waals surface area contributed by atoms with E-state index in [-0.39, 0.29) is 17.5 Å². The summed E-state index contributed by atoms with van der Waals surface area (Å²) in [4.78, 5) is 11.4. The smallest absolute Gasteiger partial charge is 0.303 e. The van der Waals surface area contributed by atoms with Gasteiger partial charge in [0.1, 0.15) is 11.2 Å². The van der Waals surface area contributed by atoms with Crippen LogP contribution < -0.4 is 0 Å². The van der Waals surface area contributed by atoms with Gasteiger partial charge in [-0.1, -0.05) is 19.9 Å². The zero-order chi connectivity index (χ0) is 13.6. The van der Waals surface area contributed by atoms with E-state index in [4.69, 9.17) is 9.47 Å². The van der Waals surface area contributed by atoms with Crippen LogP contribution in [0.3, 0.4) is 0 Å². The first-order chi connectivity index (χ1) is 8.22. The third kappa shape index (κ3) is 1.80. The lowest BCUT2D eigenvalue weighted by atomic mass is 9.58. The van der Waals surface area contributed by atoms with E-state index in [0.29, 0.717) is 0 Å². The molecule has 18 heavy (non-hydrogen) atoms. The van der Waals surface area contributed by atoms with Gasteiger partial charge in [0.2, 0.25) is 0 Å². The molecule has 1 fully saturated rings. The third-order valence-corrected chi connectivity index (χ3v) is 4.59. The molecular weight excluding hydrogens is 228 g/mol. The molecule has 0 bridgehead atoms. The maximum Gasteiger partial charge on any atom is 0.303 e. The zero-order valence-electron chi connectivity index (χ0n) is 12.1. The SMILES string of the molecule is CC(=O)OC1(C)CCCC(C)(C)C12C=CC(C)O2. The first kappa shape index (κ1) is 13.6. The average Bonchev–Trinajstić information content (AvgIpc) is 2.59. The number of hydrogen-bond donors (Lipinski definition) is 0. The van der Waals surface area contributed by atoms with Gasteiger partial charge in [-0.05, 0) is 39.2 Å². The second-order valence-corrected chi connectivity index (χ2v) is 6.48. The van der Waals surface area contributed by atoms with Gasteiger partial charge in [-0.2, -0.15) is 0 Å². The van der Waals surface area contributed by atoms with Crippen molar-refractivity contribution in [2.24, 2.45) is 5.41 Å². The van der Waals surface area contributed by atoms with Crippen molar-refractivity contribution in [3.8, 4) is 0 Å². The second kappa shape index (κ2) is 4.09. The fraction of sp³-hybridized carbons (Fsp3) is 0.800. The Kier molecular flexibility index (Phi) is 3.09. The molecule has 3 unspecified atom stereocenters. The monoisotopic (exact) mass is 252 g/mol. The number of carbonyl (C=O) groups is 1. The van der Waals surface area contributed by atoms with Gasteiger partial charge in [0.05, 0.1) is 6.10 Å². The molecule has 1 aliphatic carbocycles. The van der Waals surface area contributed by atoms with E-state index in [1.54, 1.807) is 0 Å². The largest absolute Gasteiger partial charge is 0.456 e. The molecule has 0 amide bonds. The summed E-state index contributed by atoms with van der Waals surface area (Å²) < 4.78 is 11.9. The molecule has 2 rings (SSSR count). The normalized spacial score (nSPS) is 42.2. The maximum absolute atomic E-state index is 11.4. The Morgan fingerprint density at radius 3 is 2.50 bits per heavy atom. The molecular formula is C15H24O3. The molecule has 2 aliphatic rings. The van der Waals surface area contributed by atoms with Crippen molar-refractivity contribution in [2.75, 3.05) is 0 Å². The Hall–Kier alpha value is -0.830. The minimum Gasteiger partial charge on any atom is -0.456 e. The molecule has 3 nitrogen and oxygen atoms in total. The summed E-state index contributed by atoms with van der Waals surface area (Å²) in [7, 11) is 0. The molecule has 0 aromatic rings. The van der Waals surface area contributed by atoms with E-state index in [9.17, 15) is 4.79 Å². The molecule has 102 valence electrons. The zero-order valence-corrected chi connectivity index (χ0v) is 12.1. The Morgan fingerprint density at radius 2 is 2.00 bits per heavy atom. The molecule has 0 aromatic heterocycles.